The van der Waals surface area contributed by atoms with Crippen LogP contribution >= 0.6 is 0 Å². The number of benzene rings is 1. The van der Waals surface area contributed by atoms with E-state index in [1.54, 1.807) is 0 Å². The third-order valence-electron chi connectivity index (χ3n) is 4.62. The lowest BCUT2D eigenvalue weighted by Crippen LogP contribution is -2.41. The molecule has 0 radical (unpaired) electrons. The zero-order valence-corrected chi connectivity index (χ0v) is 15.2. The molecule has 0 saturated heterocycles. The molecule has 0 saturated carbocycles. The fourth-order valence-corrected chi connectivity index (χ4v) is 3.11. The minimum Gasteiger partial charge on any atom is -0.366 e. The summed E-state index contributed by atoms with van der Waals surface area (Å²) < 4.78 is 5.17. The van der Waals surface area contributed by atoms with Crippen LogP contribution in [0, 0.1) is 0 Å². The molecule has 1 amide bonds. The van der Waals surface area contributed by atoms with Crippen LogP contribution < -0.4 is 10.2 Å². The van der Waals surface area contributed by atoms with Crippen LogP contribution in [0.2, 0.25) is 0 Å². The fraction of sp³-hybridized carbons (Fsp3) is 0.526. The van der Waals surface area contributed by atoms with Crippen LogP contribution in [0.5, 0.6) is 0 Å². The van der Waals surface area contributed by atoms with Gasteiger partial charge in [0.05, 0.1) is 0 Å². The van der Waals surface area contributed by atoms with E-state index in [0.29, 0.717) is 31.1 Å². The molecule has 1 aromatic carbocycles. The number of hydrogen-bond acceptors (Lipinski definition) is 5. The van der Waals surface area contributed by atoms with Crippen LogP contribution in [0.4, 0.5) is 5.69 Å². The van der Waals surface area contributed by atoms with E-state index < -0.39 is 0 Å². The Labute approximate surface area is 148 Å². The Kier molecular flexibility index (Phi) is 5.36. The van der Waals surface area contributed by atoms with Crippen LogP contribution in [0.25, 0.3) is 0 Å². The molecule has 25 heavy (non-hydrogen) atoms. The van der Waals surface area contributed by atoms with Gasteiger partial charge in [0.25, 0.3) is 0 Å². The van der Waals surface area contributed by atoms with E-state index in [-0.39, 0.29) is 17.9 Å². The number of nitrogens with zero attached hydrogens (tertiary/aromatic N) is 3. The zero-order valence-electron chi connectivity index (χ0n) is 15.2. The van der Waals surface area contributed by atoms with Crippen LogP contribution in [0.1, 0.15) is 50.4 Å². The predicted molar refractivity (Wildman–Crippen MR) is 96.7 cm³/mol. The molecule has 1 aliphatic heterocycles. The Morgan fingerprint density at radius 1 is 1.32 bits per heavy atom. The standard InChI is InChI=1S/C19H26N4O2/c1-13(2)19-21-18(25-22-19)9-8-17(24)20-12-14(3)23-11-10-15-6-4-5-7-16(15)23/h4-7,13-14H,8-12H2,1-3H3,(H,20,24)/t14-/m0/s1. The Hall–Kier alpha value is -2.37. The number of fused-ring (bicyclic) bond motifs is 1. The second-order valence-electron chi connectivity index (χ2n) is 6.93. The first-order valence-electron chi connectivity index (χ1n) is 8.98. The second-order valence-corrected chi connectivity index (χ2v) is 6.93. The zero-order chi connectivity index (χ0) is 17.8. The maximum atomic E-state index is 12.1. The smallest absolute Gasteiger partial charge is 0.227 e. The van der Waals surface area contributed by atoms with Crippen molar-refractivity contribution in [3.63, 3.8) is 0 Å². The molecule has 1 aliphatic rings. The van der Waals surface area contributed by atoms with Gasteiger partial charge in [-0.05, 0) is 25.0 Å². The van der Waals surface area contributed by atoms with Crippen LogP contribution in [0.3, 0.4) is 0 Å². The van der Waals surface area contributed by atoms with Crippen LogP contribution in [-0.2, 0) is 17.6 Å². The topological polar surface area (TPSA) is 71.3 Å². The van der Waals surface area contributed by atoms with E-state index >= 15 is 0 Å². The number of nitrogens with one attached hydrogen (secondary N) is 1. The predicted octanol–water partition coefficient (Wildman–Crippen LogP) is 2.69. The number of hydrogen-bond donors (Lipinski definition) is 1. The Morgan fingerprint density at radius 2 is 2.12 bits per heavy atom. The summed E-state index contributed by atoms with van der Waals surface area (Å²) in [5, 5.41) is 6.94. The van der Waals surface area contributed by atoms with Crippen LogP contribution in [-0.4, -0.2) is 35.2 Å². The second kappa shape index (κ2) is 7.68. The van der Waals surface area contributed by atoms with Gasteiger partial charge in [0.1, 0.15) is 0 Å². The van der Waals surface area contributed by atoms with Crippen molar-refractivity contribution in [3.05, 3.63) is 41.5 Å². The largest absolute Gasteiger partial charge is 0.366 e. The summed E-state index contributed by atoms with van der Waals surface area (Å²) in [5.74, 6) is 1.47. The van der Waals surface area contributed by atoms with E-state index in [1.165, 1.54) is 11.3 Å². The normalized spacial score (nSPS) is 14.6. The molecular formula is C19H26N4O2. The highest BCUT2D eigenvalue weighted by atomic mass is 16.5. The van der Waals surface area contributed by atoms with Gasteiger partial charge in [0.15, 0.2) is 5.82 Å². The lowest BCUT2D eigenvalue weighted by atomic mass is 10.2. The van der Waals surface area contributed by atoms with Crippen molar-refractivity contribution in [1.29, 1.82) is 0 Å². The first-order valence-corrected chi connectivity index (χ1v) is 8.98. The maximum absolute atomic E-state index is 12.1. The summed E-state index contributed by atoms with van der Waals surface area (Å²) in [7, 11) is 0. The summed E-state index contributed by atoms with van der Waals surface area (Å²) in [4.78, 5) is 18.8. The summed E-state index contributed by atoms with van der Waals surface area (Å²) in [5.41, 5.74) is 2.68. The molecule has 6 heteroatoms. The van der Waals surface area contributed by atoms with Crippen molar-refractivity contribution >= 4 is 11.6 Å². The first kappa shape index (κ1) is 17.5. The van der Waals surface area contributed by atoms with Crippen molar-refractivity contribution in [2.75, 3.05) is 18.0 Å². The average molecular weight is 342 g/mol. The van der Waals surface area contributed by atoms with Crippen molar-refractivity contribution in [1.82, 2.24) is 15.5 Å². The molecule has 0 aliphatic carbocycles. The summed E-state index contributed by atoms with van der Waals surface area (Å²) in [6, 6.07) is 8.75. The van der Waals surface area contributed by atoms with Crippen molar-refractivity contribution in [2.24, 2.45) is 0 Å². The monoisotopic (exact) mass is 342 g/mol. The van der Waals surface area contributed by atoms with E-state index in [2.05, 4.69) is 51.5 Å². The molecule has 3 rings (SSSR count). The number of aryl methyl sites for hydroxylation is 1. The molecular weight excluding hydrogens is 316 g/mol. The molecule has 0 fully saturated rings. The minimum atomic E-state index is 0.0172. The third-order valence-corrected chi connectivity index (χ3v) is 4.62. The minimum absolute atomic E-state index is 0.0172. The molecule has 1 N–H and O–H groups in total. The van der Waals surface area contributed by atoms with E-state index in [0.717, 1.165) is 13.0 Å². The van der Waals surface area contributed by atoms with Gasteiger partial charge in [-0.25, -0.2) is 0 Å². The van der Waals surface area contributed by atoms with Gasteiger partial charge < -0.3 is 14.7 Å². The summed E-state index contributed by atoms with van der Waals surface area (Å²) in [6.07, 6.45) is 1.92. The van der Waals surface area contributed by atoms with Gasteiger partial charge >= 0.3 is 0 Å². The number of para-hydroxylation sites is 1. The average Bonchev–Trinajstić information content (AvgIpc) is 3.24. The van der Waals surface area contributed by atoms with E-state index in [4.69, 9.17) is 4.52 Å². The molecule has 2 aromatic rings. The molecule has 0 bridgehead atoms. The molecule has 1 atom stereocenters. The Morgan fingerprint density at radius 3 is 2.88 bits per heavy atom. The first-order chi connectivity index (χ1) is 12.0. The number of carbonyl (C=O) groups excluding carboxylic acids is 1. The van der Waals surface area contributed by atoms with E-state index in [1.807, 2.05) is 13.8 Å². The third kappa shape index (κ3) is 4.18. The summed E-state index contributed by atoms with van der Waals surface area (Å²) in [6.45, 7) is 7.82. The highest BCUT2D eigenvalue weighted by Crippen LogP contribution is 2.28. The fourth-order valence-electron chi connectivity index (χ4n) is 3.11. The van der Waals surface area contributed by atoms with Gasteiger partial charge in [0, 0.05) is 43.6 Å². The van der Waals surface area contributed by atoms with Crippen molar-refractivity contribution in [3.8, 4) is 0 Å². The lowest BCUT2D eigenvalue weighted by Gasteiger charge is -2.27. The molecule has 0 unspecified atom stereocenters. The van der Waals surface area contributed by atoms with Gasteiger partial charge in [0.2, 0.25) is 11.8 Å². The number of rotatable bonds is 7. The van der Waals surface area contributed by atoms with Crippen molar-refractivity contribution < 1.29 is 9.32 Å². The SMILES string of the molecule is CC(C)c1noc(CCC(=O)NC[C@H](C)N2CCc3ccccc32)n1. The molecule has 0 spiro atoms. The Balaban J connectivity index is 1.44. The highest BCUT2D eigenvalue weighted by Gasteiger charge is 2.23. The lowest BCUT2D eigenvalue weighted by molar-refractivity contribution is -0.121. The van der Waals surface area contributed by atoms with Gasteiger partial charge in [-0.3, -0.25) is 4.79 Å². The quantitative estimate of drug-likeness (QED) is 0.838. The van der Waals surface area contributed by atoms with Gasteiger partial charge in [-0.2, -0.15) is 4.98 Å². The van der Waals surface area contributed by atoms with Gasteiger partial charge in [-0.1, -0.05) is 37.2 Å². The maximum Gasteiger partial charge on any atom is 0.227 e. The molecule has 2 heterocycles. The number of amides is 1. The number of aromatic nitrogens is 2. The highest BCUT2D eigenvalue weighted by molar-refractivity contribution is 5.76. The van der Waals surface area contributed by atoms with E-state index in [9.17, 15) is 4.79 Å². The molecule has 1 aromatic heterocycles. The molecule has 6 nitrogen and oxygen atoms in total. The Bertz CT molecular complexity index is 726. The number of carbonyl (C=O) groups is 1. The van der Waals surface area contributed by atoms with Crippen LogP contribution in [0.15, 0.2) is 28.8 Å². The summed E-state index contributed by atoms with van der Waals surface area (Å²) >= 11 is 0. The number of anilines is 1. The van der Waals surface area contributed by atoms with Gasteiger partial charge in [-0.15, -0.1) is 0 Å². The van der Waals surface area contributed by atoms with Crippen molar-refractivity contribution in [2.45, 2.75) is 52.0 Å². The molecule has 134 valence electrons.